The highest BCUT2D eigenvalue weighted by Gasteiger charge is 2.25. The fourth-order valence-electron chi connectivity index (χ4n) is 1.85. The molecule has 3 aromatic heterocycles. The fourth-order valence-corrected chi connectivity index (χ4v) is 2.66. The van der Waals surface area contributed by atoms with Crippen molar-refractivity contribution < 1.29 is 8.94 Å². The Morgan fingerprint density at radius 3 is 2.86 bits per heavy atom. The van der Waals surface area contributed by atoms with Gasteiger partial charge in [0, 0.05) is 24.4 Å². The summed E-state index contributed by atoms with van der Waals surface area (Å²) in [6.07, 6.45) is 3.35. The third kappa shape index (κ3) is 3.03. The number of aryl methyl sites for hydroxylation is 1. The van der Waals surface area contributed by atoms with E-state index in [1.807, 2.05) is 25.3 Å². The SMILES string of the molecule is Cc1nc(C(C)(C)NCc2csc(-c3ccoc3)n2)no1. The van der Waals surface area contributed by atoms with E-state index >= 15 is 0 Å². The van der Waals surface area contributed by atoms with E-state index in [2.05, 4.69) is 20.4 Å². The van der Waals surface area contributed by atoms with E-state index in [9.17, 15) is 0 Å². The molecule has 0 atom stereocenters. The molecule has 0 amide bonds. The monoisotopic (exact) mass is 304 g/mol. The summed E-state index contributed by atoms with van der Waals surface area (Å²) in [4.78, 5) is 8.86. The highest BCUT2D eigenvalue weighted by molar-refractivity contribution is 7.13. The minimum atomic E-state index is -0.378. The van der Waals surface area contributed by atoms with Gasteiger partial charge >= 0.3 is 0 Å². The molecule has 0 radical (unpaired) electrons. The highest BCUT2D eigenvalue weighted by atomic mass is 32.1. The second-order valence-electron chi connectivity index (χ2n) is 5.27. The van der Waals surface area contributed by atoms with Crippen molar-refractivity contribution in [1.82, 2.24) is 20.4 Å². The summed E-state index contributed by atoms with van der Waals surface area (Å²) in [5.41, 5.74) is 1.60. The van der Waals surface area contributed by atoms with Gasteiger partial charge in [-0.15, -0.1) is 11.3 Å². The lowest BCUT2D eigenvalue weighted by molar-refractivity contribution is 0.336. The zero-order valence-corrected chi connectivity index (χ0v) is 12.9. The maximum Gasteiger partial charge on any atom is 0.223 e. The summed E-state index contributed by atoms with van der Waals surface area (Å²) in [7, 11) is 0. The molecule has 110 valence electrons. The van der Waals surface area contributed by atoms with Crippen molar-refractivity contribution >= 4 is 11.3 Å². The smallest absolute Gasteiger partial charge is 0.223 e. The number of hydrogen-bond donors (Lipinski definition) is 1. The second kappa shape index (κ2) is 5.42. The third-order valence-corrected chi connectivity index (χ3v) is 4.06. The number of furan rings is 1. The molecule has 0 unspecified atom stereocenters. The van der Waals surface area contributed by atoms with Crippen molar-refractivity contribution in [3.8, 4) is 10.6 Å². The molecule has 0 aliphatic rings. The summed E-state index contributed by atoms with van der Waals surface area (Å²) in [6, 6.07) is 1.90. The van der Waals surface area contributed by atoms with Crippen molar-refractivity contribution in [3.05, 3.63) is 41.4 Å². The van der Waals surface area contributed by atoms with Crippen LogP contribution in [0.5, 0.6) is 0 Å². The highest BCUT2D eigenvalue weighted by Crippen LogP contribution is 2.24. The average molecular weight is 304 g/mol. The molecule has 0 fully saturated rings. The number of aromatic nitrogens is 3. The first-order chi connectivity index (χ1) is 10.0. The minimum absolute atomic E-state index is 0.378. The van der Waals surface area contributed by atoms with Gasteiger partial charge in [-0.2, -0.15) is 4.98 Å². The quantitative estimate of drug-likeness (QED) is 0.780. The van der Waals surface area contributed by atoms with Crippen molar-refractivity contribution in [2.75, 3.05) is 0 Å². The van der Waals surface area contributed by atoms with Crippen LogP contribution in [0, 0.1) is 6.92 Å². The van der Waals surface area contributed by atoms with Gasteiger partial charge in [-0.3, -0.25) is 5.32 Å². The van der Waals surface area contributed by atoms with Crippen LogP contribution in [0.25, 0.3) is 10.6 Å². The van der Waals surface area contributed by atoms with Crippen molar-refractivity contribution in [1.29, 1.82) is 0 Å². The summed E-state index contributed by atoms with van der Waals surface area (Å²) in [6.45, 7) is 6.44. The average Bonchev–Trinajstić information content (AvgIpc) is 3.17. The van der Waals surface area contributed by atoms with Crippen molar-refractivity contribution in [2.45, 2.75) is 32.9 Å². The lowest BCUT2D eigenvalue weighted by atomic mass is 10.1. The van der Waals surface area contributed by atoms with E-state index in [-0.39, 0.29) is 5.54 Å². The van der Waals surface area contributed by atoms with Crippen LogP contribution < -0.4 is 5.32 Å². The van der Waals surface area contributed by atoms with Gasteiger partial charge in [-0.1, -0.05) is 5.16 Å². The molecule has 3 aromatic rings. The van der Waals surface area contributed by atoms with Gasteiger partial charge in [0.25, 0.3) is 0 Å². The summed E-state index contributed by atoms with van der Waals surface area (Å²) in [5, 5.41) is 10.4. The molecular weight excluding hydrogens is 288 g/mol. The largest absolute Gasteiger partial charge is 0.472 e. The van der Waals surface area contributed by atoms with Crippen LogP contribution in [0.2, 0.25) is 0 Å². The fraction of sp³-hybridized carbons (Fsp3) is 0.357. The van der Waals surface area contributed by atoms with Crippen LogP contribution in [-0.2, 0) is 12.1 Å². The molecule has 0 bridgehead atoms. The molecule has 3 heterocycles. The van der Waals surface area contributed by atoms with Crippen molar-refractivity contribution in [2.24, 2.45) is 0 Å². The molecule has 0 aliphatic heterocycles. The minimum Gasteiger partial charge on any atom is -0.472 e. The molecule has 0 saturated carbocycles. The van der Waals surface area contributed by atoms with Crippen LogP contribution in [0.15, 0.2) is 32.9 Å². The van der Waals surface area contributed by atoms with Gasteiger partial charge in [0.05, 0.1) is 17.5 Å². The molecule has 3 rings (SSSR count). The van der Waals surface area contributed by atoms with Gasteiger partial charge in [-0.05, 0) is 19.9 Å². The summed E-state index contributed by atoms with van der Waals surface area (Å²) >= 11 is 1.60. The Morgan fingerprint density at radius 1 is 1.33 bits per heavy atom. The lowest BCUT2D eigenvalue weighted by Crippen LogP contribution is -2.37. The number of nitrogens with one attached hydrogen (secondary N) is 1. The third-order valence-electron chi connectivity index (χ3n) is 3.12. The summed E-state index contributed by atoms with van der Waals surface area (Å²) in [5.74, 6) is 1.21. The Morgan fingerprint density at radius 2 is 2.19 bits per heavy atom. The molecule has 6 nitrogen and oxygen atoms in total. The predicted molar refractivity (Wildman–Crippen MR) is 78.7 cm³/mol. The predicted octanol–water partition coefficient (Wildman–Crippen LogP) is 3.12. The Kier molecular flexibility index (Phi) is 3.60. The second-order valence-corrected chi connectivity index (χ2v) is 6.13. The molecule has 21 heavy (non-hydrogen) atoms. The van der Waals surface area contributed by atoms with Gasteiger partial charge in [0.2, 0.25) is 5.89 Å². The van der Waals surface area contributed by atoms with E-state index in [1.54, 1.807) is 30.8 Å². The molecule has 0 spiro atoms. The maximum atomic E-state index is 5.08. The van der Waals surface area contributed by atoms with E-state index in [0.29, 0.717) is 18.3 Å². The van der Waals surface area contributed by atoms with E-state index in [0.717, 1.165) is 16.3 Å². The van der Waals surface area contributed by atoms with E-state index in [4.69, 9.17) is 8.94 Å². The normalized spacial score (nSPS) is 12.0. The van der Waals surface area contributed by atoms with Gasteiger partial charge < -0.3 is 8.94 Å². The molecule has 0 saturated heterocycles. The summed E-state index contributed by atoms with van der Waals surface area (Å²) < 4.78 is 10.1. The van der Waals surface area contributed by atoms with Crippen molar-refractivity contribution in [3.63, 3.8) is 0 Å². The number of nitrogens with zero attached hydrogens (tertiary/aromatic N) is 3. The Bertz CT molecular complexity index is 715. The Balaban J connectivity index is 1.67. The molecular formula is C14H16N4O2S. The van der Waals surface area contributed by atoms with Gasteiger partial charge in [0.15, 0.2) is 5.82 Å². The van der Waals surface area contributed by atoms with Gasteiger partial charge in [-0.25, -0.2) is 4.98 Å². The zero-order chi connectivity index (χ0) is 14.9. The standard InChI is InChI=1S/C14H16N4O2S/c1-9-16-13(18-20-9)14(2,3)15-6-11-8-21-12(17-11)10-4-5-19-7-10/h4-5,7-8,15H,6H2,1-3H3. The Hall–Kier alpha value is -1.99. The van der Waals surface area contributed by atoms with Crippen LogP contribution >= 0.6 is 11.3 Å². The van der Waals surface area contributed by atoms with E-state index in [1.165, 1.54) is 0 Å². The first kappa shape index (κ1) is 14.0. The zero-order valence-electron chi connectivity index (χ0n) is 12.1. The Labute approximate surface area is 126 Å². The maximum absolute atomic E-state index is 5.08. The van der Waals surface area contributed by atoms with Crippen LogP contribution in [0.1, 0.15) is 31.3 Å². The lowest BCUT2D eigenvalue weighted by Gasteiger charge is -2.21. The molecule has 1 N–H and O–H groups in total. The topological polar surface area (TPSA) is 77.0 Å². The molecule has 7 heteroatoms. The van der Waals surface area contributed by atoms with Crippen LogP contribution in [0.3, 0.4) is 0 Å². The number of rotatable bonds is 5. The number of hydrogen-bond acceptors (Lipinski definition) is 7. The first-order valence-electron chi connectivity index (χ1n) is 6.57. The molecule has 0 aromatic carbocycles. The molecule has 0 aliphatic carbocycles. The van der Waals surface area contributed by atoms with Gasteiger partial charge in [0.1, 0.15) is 11.3 Å². The van der Waals surface area contributed by atoms with E-state index < -0.39 is 0 Å². The first-order valence-corrected chi connectivity index (χ1v) is 7.45. The van der Waals surface area contributed by atoms with Crippen LogP contribution in [0.4, 0.5) is 0 Å². The van der Waals surface area contributed by atoms with Crippen LogP contribution in [-0.4, -0.2) is 15.1 Å². The number of thiazole rings is 1.